The van der Waals surface area contributed by atoms with Crippen molar-refractivity contribution in [3.63, 3.8) is 0 Å². The molecule has 0 saturated carbocycles. The summed E-state index contributed by atoms with van der Waals surface area (Å²) in [5.74, 6) is 1.10. The van der Waals surface area contributed by atoms with Gasteiger partial charge in [-0.15, -0.1) is 10.2 Å². The number of hydrogen-bond acceptors (Lipinski definition) is 7. The van der Waals surface area contributed by atoms with E-state index < -0.39 is 5.91 Å². The smallest absolute Gasteiger partial charge is 0.263 e. The number of amides is 1. The average molecular weight is 401 g/mol. The summed E-state index contributed by atoms with van der Waals surface area (Å²) in [6.07, 6.45) is 1.49. The first kappa shape index (κ1) is 19.3. The van der Waals surface area contributed by atoms with Gasteiger partial charge < -0.3 is 9.47 Å². The second kappa shape index (κ2) is 8.96. The number of carbonyl (C=O) groups excluding carboxylic acids is 1. The third kappa shape index (κ3) is 4.83. The lowest BCUT2D eigenvalue weighted by molar-refractivity contribution is -0.122. The van der Waals surface area contributed by atoms with E-state index >= 15 is 0 Å². The number of hydrazone groups is 1. The molecule has 0 aliphatic carbocycles. The number of nitrogens with zero attached hydrogens (tertiary/aromatic N) is 5. The van der Waals surface area contributed by atoms with Gasteiger partial charge in [-0.05, 0) is 41.1 Å². The lowest BCUT2D eigenvalue weighted by Crippen LogP contribution is -2.24. The van der Waals surface area contributed by atoms with Crippen LogP contribution in [0.25, 0.3) is 11.4 Å². The Bertz CT molecular complexity index is 1000. The number of ether oxygens (including phenoxy) is 2. The molecule has 144 valence electrons. The molecule has 0 spiro atoms. The van der Waals surface area contributed by atoms with Crippen molar-refractivity contribution in [2.45, 2.75) is 6.54 Å². The van der Waals surface area contributed by atoms with Gasteiger partial charge in [-0.3, -0.25) is 4.79 Å². The summed E-state index contributed by atoms with van der Waals surface area (Å²) >= 11 is 5.89. The van der Waals surface area contributed by atoms with Crippen molar-refractivity contribution in [1.82, 2.24) is 25.6 Å². The number of tetrazole rings is 1. The third-order valence-corrected chi connectivity index (χ3v) is 3.87. The standard InChI is InChI=1S/C18H17ClN6O3/c1-27-15-7-6-13(9-16(15)28-2)18-22-24-25(23-18)11-17(26)21-20-10-12-4-3-5-14(19)8-12/h3-10H,11H2,1-2H3,(H,21,26)/b20-10+. The average Bonchev–Trinajstić information content (AvgIpc) is 3.16. The van der Waals surface area contributed by atoms with Gasteiger partial charge in [0, 0.05) is 10.6 Å². The summed E-state index contributed by atoms with van der Waals surface area (Å²) in [5.41, 5.74) is 3.85. The van der Waals surface area contributed by atoms with E-state index in [-0.39, 0.29) is 6.54 Å². The highest BCUT2D eigenvalue weighted by Gasteiger charge is 2.12. The fourth-order valence-corrected chi connectivity index (χ4v) is 2.53. The predicted octanol–water partition coefficient (Wildman–Crippen LogP) is 2.16. The molecular formula is C18H17ClN6O3. The molecule has 0 saturated heterocycles. The van der Waals surface area contributed by atoms with Gasteiger partial charge in [0.1, 0.15) is 6.54 Å². The van der Waals surface area contributed by atoms with E-state index in [1.807, 2.05) is 6.07 Å². The SMILES string of the molecule is COc1ccc(-c2nnn(CC(=O)N/N=C/c3cccc(Cl)c3)n2)cc1OC. The minimum atomic E-state index is -0.394. The number of aromatic nitrogens is 4. The quantitative estimate of drug-likeness (QED) is 0.481. The number of nitrogens with one attached hydrogen (secondary N) is 1. The molecule has 0 aliphatic heterocycles. The number of methoxy groups -OCH3 is 2. The molecule has 0 atom stereocenters. The second-order valence-corrected chi connectivity index (χ2v) is 6.00. The molecule has 0 unspecified atom stereocenters. The Labute approximate surface area is 165 Å². The fraction of sp³-hybridized carbons (Fsp3) is 0.167. The van der Waals surface area contributed by atoms with Gasteiger partial charge in [0.15, 0.2) is 11.5 Å². The zero-order valence-corrected chi connectivity index (χ0v) is 15.9. The molecule has 0 radical (unpaired) electrons. The summed E-state index contributed by atoms with van der Waals surface area (Å²) < 4.78 is 10.5. The fourth-order valence-electron chi connectivity index (χ4n) is 2.33. The van der Waals surface area contributed by atoms with Crippen LogP contribution >= 0.6 is 11.6 Å². The Morgan fingerprint density at radius 3 is 2.79 bits per heavy atom. The van der Waals surface area contributed by atoms with Gasteiger partial charge in [0.05, 0.1) is 20.4 Å². The largest absolute Gasteiger partial charge is 0.493 e. The molecule has 1 amide bonds. The van der Waals surface area contributed by atoms with E-state index in [9.17, 15) is 4.79 Å². The summed E-state index contributed by atoms with van der Waals surface area (Å²) in [5, 5.41) is 16.5. The molecule has 3 aromatic rings. The highest BCUT2D eigenvalue weighted by molar-refractivity contribution is 6.30. The van der Waals surface area contributed by atoms with E-state index in [1.165, 1.54) is 11.0 Å². The van der Waals surface area contributed by atoms with Crippen LogP contribution in [-0.4, -0.2) is 46.5 Å². The van der Waals surface area contributed by atoms with Gasteiger partial charge in [0.2, 0.25) is 5.82 Å². The van der Waals surface area contributed by atoms with Crippen LogP contribution in [0.3, 0.4) is 0 Å². The molecule has 28 heavy (non-hydrogen) atoms. The lowest BCUT2D eigenvalue weighted by Gasteiger charge is -2.07. The molecule has 2 aromatic carbocycles. The number of rotatable bonds is 7. The Kier molecular flexibility index (Phi) is 6.18. The van der Waals surface area contributed by atoms with Gasteiger partial charge in [-0.2, -0.15) is 9.90 Å². The van der Waals surface area contributed by atoms with Crippen molar-refractivity contribution in [3.8, 4) is 22.9 Å². The van der Waals surface area contributed by atoms with Gasteiger partial charge in [0.25, 0.3) is 5.91 Å². The van der Waals surface area contributed by atoms with Crippen LogP contribution in [0.1, 0.15) is 5.56 Å². The van der Waals surface area contributed by atoms with Crippen molar-refractivity contribution in [2.24, 2.45) is 5.10 Å². The summed E-state index contributed by atoms with van der Waals surface area (Å²) in [7, 11) is 3.10. The minimum absolute atomic E-state index is 0.132. The summed E-state index contributed by atoms with van der Waals surface area (Å²) in [6, 6.07) is 12.3. The van der Waals surface area contributed by atoms with E-state index in [0.29, 0.717) is 27.9 Å². The van der Waals surface area contributed by atoms with E-state index in [1.54, 1.807) is 50.6 Å². The number of benzene rings is 2. The first-order chi connectivity index (χ1) is 13.6. The maximum atomic E-state index is 12.0. The molecule has 1 N–H and O–H groups in total. The molecule has 0 fully saturated rings. The molecule has 0 aliphatic rings. The van der Waals surface area contributed by atoms with Gasteiger partial charge in [-0.1, -0.05) is 23.7 Å². The van der Waals surface area contributed by atoms with Crippen molar-refractivity contribution < 1.29 is 14.3 Å². The Morgan fingerprint density at radius 2 is 2.04 bits per heavy atom. The maximum Gasteiger partial charge on any atom is 0.263 e. The normalized spacial score (nSPS) is 10.8. The van der Waals surface area contributed by atoms with Gasteiger partial charge in [-0.25, -0.2) is 5.43 Å². The van der Waals surface area contributed by atoms with E-state index in [2.05, 4.69) is 25.9 Å². The van der Waals surface area contributed by atoms with Crippen LogP contribution in [0.15, 0.2) is 47.6 Å². The minimum Gasteiger partial charge on any atom is -0.493 e. The highest BCUT2D eigenvalue weighted by Crippen LogP contribution is 2.30. The third-order valence-electron chi connectivity index (χ3n) is 3.63. The maximum absolute atomic E-state index is 12.0. The zero-order chi connectivity index (χ0) is 19.9. The monoisotopic (exact) mass is 400 g/mol. The summed E-state index contributed by atoms with van der Waals surface area (Å²) in [4.78, 5) is 13.2. The second-order valence-electron chi connectivity index (χ2n) is 5.56. The first-order valence-electron chi connectivity index (χ1n) is 8.16. The molecule has 0 bridgehead atoms. The molecule has 10 heteroatoms. The van der Waals surface area contributed by atoms with E-state index in [4.69, 9.17) is 21.1 Å². The zero-order valence-electron chi connectivity index (χ0n) is 15.2. The molecular weight excluding hydrogens is 384 g/mol. The topological polar surface area (TPSA) is 104 Å². The number of carbonyl (C=O) groups is 1. The van der Waals surface area contributed by atoms with Crippen LogP contribution in [-0.2, 0) is 11.3 Å². The van der Waals surface area contributed by atoms with Crippen molar-refractivity contribution in [3.05, 3.63) is 53.1 Å². The van der Waals surface area contributed by atoms with Crippen LogP contribution in [0.4, 0.5) is 0 Å². The lowest BCUT2D eigenvalue weighted by atomic mass is 10.2. The van der Waals surface area contributed by atoms with Crippen molar-refractivity contribution in [1.29, 1.82) is 0 Å². The predicted molar refractivity (Wildman–Crippen MR) is 104 cm³/mol. The van der Waals surface area contributed by atoms with Crippen LogP contribution in [0, 0.1) is 0 Å². The van der Waals surface area contributed by atoms with E-state index in [0.717, 1.165) is 5.56 Å². The molecule has 9 nitrogen and oxygen atoms in total. The number of halogens is 1. The Hall–Kier alpha value is -3.46. The van der Waals surface area contributed by atoms with Gasteiger partial charge >= 0.3 is 0 Å². The number of hydrogen-bond donors (Lipinski definition) is 1. The Balaban J connectivity index is 1.62. The van der Waals surface area contributed by atoms with Crippen molar-refractivity contribution in [2.75, 3.05) is 14.2 Å². The highest BCUT2D eigenvalue weighted by atomic mass is 35.5. The molecule has 3 rings (SSSR count). The Morgan fingerprint density at radius 1 is 1.21 bits per heavy atom. The van der Waals surface area contributed by atoms with Crippen molar-refractivity contribution >= 4 is 23.7 Å². The molecule has 1 heterocycles. The summed E-state index contributed by atoms with van der Waals surface area (Å²) in [6.45, 7) is -0.132. The van der Waals surface area contributed by atoms with Crippen LogP contribution < -0.4 is 14.9 Å². The van der Waals surface area contributed by atoms with Crippen LogP contribution in [0.5, 0.6) is 11.5 Å². The first-order valence-corrected chi connectivity index (χ1v) is 8.54. The van der Waals surface area contributed by atoms with Crippen LogP contribution in [0.2, 0.25) is 5.02 Å². The molecule has 1 aromatic heterocycles.